The molecule has 12 nitrogen and oxygen atoms in total. The second-order valence-electron chi connectivity index (χ2n) is 8.94. The number of rotatable bonds is 11. The normalized spacial score (nSPS) is 17.7. The molecule has 202 valence electrons. The molecule has 2 aliphatic heterocycles. The van der Waals surface area contributed by atoms with Crippen LogP contribution in [0.3, 0.4) is 0 Å². The molecule has 0 saturated carbocycles. The van der Waals surface area contributed by atoms with Gasteiger partial charge >= 0.3 is 6.09 Å². The number of tetrazole rings is 1. The molecule has 0 spiro atoms. The lowest BCUT2D eigenvalue weighted by Gasteiger charge is -2.26. The van der Waals surface area contributed by atoms with Gasteiger partial charge in [0.15, 0.2) is 11.6 Å². The predicted molar refractivity (Wildman–Crippen MR) is 131 cm³/mol. The van der Waals surface area contributed by atoms with E-state index in [9.17, 15) is 9.59 Å². The van der Waals surface area contributed by atoms with E-state index in [-0.39, 0.29) is 30.4 Å². The maximum atomic E-state index is 15.2. The number of anilines is 3. The molecule has 37 heavy (non-hydrogen) atoms. The summed E-state index contributed by atoms with van der Waals surface area (Å²) in [5.41, 5.74) is -0.0819. The average molecular weight is 523 g/mol. The topological polar surface area (TPSA) is 118 Å². The van der Waals surface area contributed by atoms with Crippen LogP contribution >= 0.6 is 0 Å². The second-order valence-corrected chi connectivity index (χ2v) is 8.94. The van der Waals surface area contributed by atoms with Crippen molar-refractivity contribution in [1.82, 2.24) is 25.5 Å². The zero-order valence-corrected chi connectivity index (χ0v) is 21.0. The molecular formula is C23H32F2N8O4. The number of amides is 2. The Balaban J connectivity index is 1.39. The summed E-state index contributed by atoms with van der Waals surface area (Å²) < 4.78 is 40.9. The van der Waals surface area contributed by atoms with Gasteiger partial charge < -0.3 is 24.6 Å². The molecule has 2 aliphatic rings. The number of hydrogen-bond donors (Lipinski definition) is 1. The van der Waals surface area contributed by atoms with Crippen LogP contribution in [0.4, 0.5) is 30.9 Å². The Morgan fingerprint density at radius 3 is 2.62 bits per heavy atom. The van der Waals surface area contributed by atoms with Gasteiger partial charge in [0.2, 0.25) is 5.91 Å². The van der Waals surface area contributed by atoms with E-state index in [4.69, 9.17) is 9.47 Å². The van der Waals surface area contributed by atoms with Crippen molar-refractivity contribution in [3.05, 3.63) is 23.8 Å². The second kappa shape index (κ2) is 12.1. The van der Waals surface area contributed by atoms with E-state index in [1.807, 2.05) is 11.8 Å². The number of nitrogens with one attached hydrogen (secondary N) is 1. The van der Waals surface area contributed by atoms with Gasteiger partial charge in [0.1, 0.15) is 11.8 Å². The number of hydrogen-bond acceptors (Lipinski definition) is 9. The number of nitrogens with zero attached hydrogens (tertiary/aromatic N) is 7. The third-order valence-electron chi connectivity index (χ3n) is 6.10. The first kappa shape index (κ1) is 26.5. The third-order valence-corrected chi connectivity index (χ3v) is 6.10. The van der Waals surface area contributed by atoms with Crippen LogP contribution in [0.25, 0.3) is 0 Å². The number of morpholine rings is 1. The molecule has 4 rings (SSSR count). The van der Waals surface area contributed by atoms with Crippen LogP contribution in [0.5, 0.6) is 0 Å². The van der Waals surface area contributed by atoms with Crippen LogP contribution in [0.15, 0.2) is 12.1 Å². The fraction of sp³-hybridized carbons (Fsp3) is 0.609. The minimum Gasteiger partial charge on any atom is -0.442 e. The molecule has 2 saturated heterocycles. The Morgan fingerprint density at radius 1 is 1.22 bits per heavy atom. The maximum Gasteiger partial charge on any atom is 0.414 e. The first-order valence-corrected chi connectivity index (χ1v) is 12.4. The van der Waals surface area contributed by atoms with Crippen molar-refractivity contribution in [1.29, 1.82) is 0 Å². The number of aromatic nitrogens is 4. The summed E-state index contributed by atoms with van der Waals surface area (Å²) in [6.07, 6.45) is -0.0905. The van der Waals surface area contributed by atoms with Gasteiger partial charge in [-0.25, -0.2) is 13.6 Å². The molecule has 0 radical (unpaired) electrons. The lowest BCUT2D eigenvalue weighted by molar-refractivity contribution is -0.119. The number of aryl methyl sites for hydroxylation is 1. The lowest BCUT2D eigenvalue weighted by Crippen LogP contribution is -2.37. The number of carbonyl (C=O) groups excluding carboxylic acids is 2. The van der Waals surface area contributed by atoms with E-state index >= 15 is 8.78 Å². The Morgan fingerprint density at radius 2 is 1.95 bits per heavy atom. The predicted octanol–water partition coefficient (Wildman–Crippen LogP) is 1.56. The highest BCUT2D eigenvalue weighted by atomic mass is 19.1. The summed E-state index contributed by atoms with van der Waals surface area (Å²) in [7, 11) is 0. The van der Waals surface area contributed by atoms with Crippen LogP contribution < -0.4 is 20.0 Å². The minimum absolute atomic E-state index is 0.0629. The fourth-order valence-corrected chi connectivity index (χ4v) is 4.33. The lowest BCUT2D eigenvalue weighted by atomic mass is 10.2. The molecule has 2 fully saturated rings. The molecule has 2 amide bonds. The van der Waals surface area contributed by atoms with Crippen molar-refractivity contribution >= 4 is 29.3 Å². The Labute approximate surface area is 213 Å². The fourth-order valence-electron chi connectivity index (χ4n) is 4.33. The zero-order valence-electron chi connectivity index (χ0n) is 21.0. The Kier molecular flexibility index (Phi) is 8.69. The number of carbonyl (C=O) groups is 2. The molecular weight excluding hydrogens is 490 g/mol. The van der Waals surface area contributed by atoms with Gasteiger partial charge in [0.25, 0.3) is 5.95 Å². The van der Waals surface area contributed by atoms with Crippen LogP contribution in [0.1, 0.15) is 26.7 Å². The van der Waals surface area contributed by atoms with Gasteiger partial charge in [-0.3, -0.25) is 9.69 Å². The molecule has 0 bridgehead atoms. The Hall–Kier alpha value is -3.55. The number of benzene rings is 1. The van der Waals surface area contributed by atoms with Crippen LogP contribution in [-0.2, 0) is 20.8 Å². The SMILES string of the molecule is CCCN(CCCn1nnc(N2CCOCC2)n1)c1c(F)cc(N2CC(CNC(C)=O)OC2=O)cc1F. The molecule has 1 atom stereocenters. The van der Waals surface area contributed by atoms with Gasteiger partial charge in [-0.2, -0.15) is 4.80 Å². The molecule has 1 unspecified atom stereocenters. The molecule has 1 aromatic heterocycles. The molecule has 1 N–H and O–H groups in total. The highest BCUT2D eigenvalue weighted by Crippen LogP contribution is 2.31. The smallest absolute Gasteiger partial charge is 0.414 e. The van der Waals surface area contributed by atoms with Crippen molar-refractivity contribution in [2.75, 3.05) is 67.2 Å². The summed E-state index contributed by atoms with van der Waals surface area (Å²) in [4.78, 5) is 29.7. The molecule has 1 aromatic carbocycles. The molecule has 14 heteroatoms. The van der Waals surface area contributed by atoms with E-state index in [0.717, 1.165) is 17.0 Å². The van der Waals surface area contributed by atoms with Gasteiger partial charge in [-0.05, 0) is 18.1 Å². The zero-order chi connectivity index (χ0) is 26.4. The van der Waals surface area contributed by atoms with E-state index in [0.29, 0.717) is 64.7 Å². The summed E-state index contributed by atoms with van der Waals surface area (Å²) >= 11 is 0. The van der Waals surface area contributed by atoms with Gasteiger partial charge in [0.05, 0.1) is 38.5 Å². The molecule has 3 heterocycles. The van der Waals surface area contributed by atoms with Crippen molar-refractivity contribution < 1.29 is 27.8 Å². The van der Waals surface area contributed by atoms with Gasteiger partial charge in [0, 0.05) is 45.2 Å². The third kappa shape index (κ3) is 6.61. The summed E-state index contributed by atoms with van der Waals surface area (Å²) in [6.45, 7) is 7.39. The summed E-state index contributed by atoms with van der Waals surface area (Å²) in [5.74, 6) is -1.25. The first-order chi connectivity index (χ1) is 17.9. The molecule has 0 aliphatic carbocycles. The van der Waals surface area contributed by atoms with Crippen molar-refractivity contribution in [3.63, 3.8) is 0 Å². The standard InChI is InChI=1S/C23H32F2N8O4/c1-3-5-30(6-4-7-33-28-22(27-29-33)31-8-10-36-11-9-31)21-19(24)12-17(13-20(21)25)32-15-18(37-23(32)35)14-26-16(2)34/h12-13,18H,3-11,14-15H2,1-2H3,(H,26,34). The van der Waals surface area contributed by atoms with E-state index in [1.165, 1.54) is 11.7 Å². The number of ether oxygens (including phenoxy) is 2. The largest absolute Gasteiger partial charge is 0.442 e. The van der Waals surface area contributed by atoms with Crippen molar-refractivity contribution in [2.45, 2.75) is 39.3 Å². The summed E-state index contributed by atoms with van der Waals surface area (Å²) in [6, 6.07) is 2.27. The van der Waals surface area contributed by atoms with Gasteiger partial charge in [-0.1, -0.05) is 12.0 Å². The molecule has 2 aromatic rings. The number of cyclic esters (lactones) is 1. The average Bonchev–Trinajstić information content (AvgIpc) is 3.49. The van der Waals surface area contributed by atoms with Gasteiger partial charge in [-0.15, -0.1) is 5.10 Å². The first-order valence-electron chi connectivity index (χ1n) is 12.4. The quantitative estimate of drug-likeness (QED) is 0.469. The number of halogens is 2. The van der Waals surface area contributed by atoms with Crippen molar-refractivity contribution in [3.8, 4) is 0 Å². The highest BCUT2D eigenvalue weighted by Gasteiger charge is 2.33. The van der Waals surface area contributed by atoms with Crippen LogP contribution in [0, 0.1) is 11.6 Å². The maximum absolute atomic E-state index is 15.2. The van der Waals surface area contributed by atoms with Crippen LogP contribution in [0.2, 0.25) is 0 Å². The minimum atomic E-state index is -0.768. The highest BCUT2D eigenvalue weighted by molar-refractivity contribution is 5.90. The van der Waals surface area contributed by atoms with Crippen molar-refractivity contribution in [2.24, 2.45) is 0 Å². The monoisotopic (exact) mass is 522 g/mol. The van der Waals surface area contributed by atoms with E-state index in [1.54, 1.807) is 4.90 Å². The van der Waals surface area contributed by atoms with E-state index in [2.05, 4.69) is 20.7 Å². The van der Waals surface area contributed by atoms with Crippen LogP contribution in [-0.4, -0.2) is 90.8 Å². The Bertz CT molecular complexity index is 1070. The summed E-state index contributed by atoms with van der Waals surface area (Å²) in [5, 5.41) is 15.2. The van der Waals surface area contributed by atoms with E-state index < -0.39 is 23.8 Å².